The molecule has 4 atom stereocenters. The number of rotatable bonds is 8. The highest BCUT2D eigenvalue weighted by Gasteiger charge is 2.51. The molecule has 0 heterocycles. The molecule has 4 fully saturated rings. The molecule has 4 saturated carbocycles. The van der Waals surface area contributed by atoms with Gasteiger partial charge in [-0.25, -0.2) is 0 Å². The highest BCUT2D eigenvalue weighted by atomic mass is 16.5. The molecule has 0 saturated heterocycles. The van der Waals surface area contributed by atoms with E-state index in [1.54, 1.807) is 7.11 Å². The molecule has 5 rings (SSSR count). The predicted octanol–water partition coefficient (Wildman–Crippen LogP) is 5.49. The summed E-state index contributed by atoms with van der Waals surface area (Å²) in [6.07, 6.45) is 11.3. The van der Waals surface area contributed by atoms with Gasteiger partial charge in [0.15, 0.2) is 0 Å². The van der Waals surface area contributed by atoms with Gasteiger partial charge in [0, 0.05) is 12.6 Å². The van der Waals surface area contributed by atoms with E-state index in [4.69, 9.17) is 9.47 Å². The van der Waals surface area contributed by atoms with Gasteiger partial charge in [0.05, 0.1) is 24.7 Å². The van der Waals surface area contributed by atoms with Gasteiger partial charge in [-0.1, -0.05) is 27.2 Å². The Kier molecular flexibility index (Phi) is 6.99. The van der Waals surface area contributed by atoms with E-state index in [-0.39, 0.29) is 35.3 Å². The molecular weight excluding hydrogens is 452 g/mol. The Bertz CT molecular complexity index is 975. The van der Waals surface area contributed by atoms with E-state index >= 15 is 0 Å². The third kappa shape index (κ3) is 5.24. The molecule has 0 aliphatic heterocycles. The number of benzene rings is 1. The second-order valence-corrected chi connectivity index (χ2v) is 13.1. The van der Waals surface area contributed by atoms with Gasteiger partial charge in [-0.15, -0.1) is 0 Å². The van der Waals surface area contributed by atoms with Crippen molar-refractivity contribution in [3.63, 3.8) is 0 Å². The van der Waals surface area contributed by atoms with Crippen LogP contribution >= 0.6 is 0 Å². The molecule has 0 radical (unpaired) electrons. The molecule has 198 valence electrons. The van der Waals surface area contributed by atoms with Gasteiger partial charge in [-0.3, -0.25) is 9.59 Å². The van der Waals surface area contributed by atoms with Gasteiger partial charge >= 0.3 is 0 Å². The largest absolute Gasteiger partial charge is 0.496 e. The van der Waals surface area contributed by atoms with E-state index in [1.807, 2.05) is 18.2 Å². The molecule has 1 aromatic carbocycles. The van der Waals surface area contributed by atoms with Crippen LogP contribution in [0.15, 0.2) is 18.2 Å². The van der Waals surface area contributed by atoms with E-state index in [0.717, 1.165) is 51.5 Å². The summed E-state index contributed by atoms with van der Waals surface area (Å²) in [6, 6.07) is 5.40. The summed E-state index contributed by atoms with van der Waals surface area (Å²) in [5, 5.41) is 6.51. The molecule has 36 heavy (non-hydrogen) atoms. The lowest BCUT2D eigenvalue weighted by Gasteiger charge is -2.39. The molecule has 6 heteroatoms. The van der Waals surface area contributed by atoms with E-state index in [9.17, 15) is 9.59 Å². The van der Waals surface area contributed by atoms with Crippen molar-refractivity contribution in [1.82, 2.24) is 10.6 Å². The van der Waals surface area contributed by atoms with Crippen molar-refractivity contribution in [3.05, 3.63) is 23.8 Å². The lowest BCUT2D eigenvalue weighted by Crippen LogP contribution is -2.51. The van der Waals surface area contributed by atoms with E-state index in [1.165, 1.54) is 19.3 Å². The summed E-state index contributed by atoms with van der Waals surface area (Å²) in [5.41, 5.74) is 1.10. The Morgan fingerprint density at radius 2 is 1.72 bits per heavy atom. The first-order valence-corrected chi connectivity index (χ1v) is 14.1. The predicted molar refractivity (Wildman–Crippen MR) is 140 cm³/mol. The zero-order chi connectivity index (χ0) is 25.5. The molecule has 0 unspecified atom stereocenters. The molecule has 2 N–H and O–H groups in total. The van der Waals surface area contributed by atoms with Gasteiger partial charge in [-0.05, 0) is 98.7 Å². The summed E-state index contributed by atoms with van der Waals surface area (Å²) >= 11 is 0. The van der Waals surface area contributed by atoms with Gasteiger partial charge in [0.2, 0.25) is 5.91 Å². The first kappa shape index (κ1) is 25.4. The second kappa shape index (κ2) is 9.90. The summed E-state index contributed by atoms with van der Waals surface area (Å²) in [7, 11) is 1.59. The number of fused-ring (bicyclic) bond motifs is 2. The van der Waals surface area contributed by atoms with Gasteiger partial charge < -0.3 is 20.1 Å². The Hall–Kier alpha value is -2.24. The smallest absolute Gasteiger partial charge is 0.255 e. The minimum absolute atomic E-state index is 0.116. The van der Waals surface area contributed by atoms with Gasteiger partial charge in [0.1, 0.15) is 11.5 Å². The maximum Gasteiger partial charge on any atom is 0.255 e. The fourth-order valence-electron chi connectivity index (χ4n) is 7.10. The van der Waals surface area contributed by atoms with Crippen LogP contribution in [0.5, 0.6) is 11.5 Å². The Balaban J connectivity index is 1.26. The number of carbonyl (C=O) groups excluding carboxylic acids is 2. The second-order valence-electron chi connectivity index (χ2n) is 13.1. The molecule has 1 aromatic rings. The average molecular weight is 497 g/mol. The molecule has 0 aromatic heterocycles. The van der Waals surface area contributed by atoms with E-state index in [2.05, 4.69) is 31.4 Å². The number of hydrogen-bond acceptors (Lipinski definition) is 4. The summed E-state index contributed by atoms with van der Waals surface area (Å²) < 4.78 is 11.8. The average Bonchev–Trinajstić information content (AvgIpc) is 3.44. The maximum atomic E-state index is 13.5. The maximum absolute atomic E-state index is 13.5. The zero-order valence-electron chi connectivity index (χ0n) is 22.5. The van der Waals surface area contributed by atoms with E-state index in [0.29, 0.717) is 34.3 Å². The summed E-state index contributed by atoms with van der Waals surface area (Å²) in [4.78, 5) is 26.8. The van der Waals surface area contributed by atoms with Crippen LogP contribution in [0.1, 0.15) is 95.3 Å². The van der Waals surface area contributed by atoms with Crippen molar-refractivity contribution >= 4 is 11.8 Å². The Morgan fingerprint density at radius 3 is 2.39 bits per heavy atom. The van der Waals surface area contributed by atoms with Crippen LogP contribution in [-0.4, -0.2) is 37.6 Å². The number of ether oxygens (including phenoxy) is 2. The highest BCUT2D eigenvalue weighted by molar-refractivity contribution is 5.98. The van der Waals surface area contributed by atoms with Crippen LogP contribution in [0.25, 0.3) is 0 Å². The lowest BCUT2D eigenvalue weighted by molar-refractivity contribution is -0.128. The number of nitrogens with one attached hydrogen (secondary N) is 2. The Labute approximate surface area is 216 Å². The number of carbonyl (C=O) groups is 2. The molecular formula is C30H44N2O4. The van der Waals surface area contributed by atoms with E-state index < -0.39 is 0 Å². The van der Waals surface area contributed by atoms with Crippen LogP contribution in [0, 0.1) is 28.6 Å². The summed E-state index contributed by atoms with van der Waals surface area (Å²) in [6.45, 7) is 7.63. The third-order valence-electron chi connectivity index (χ3n) is 9.77. The fourth-order valence-corrected chi connectivity index (χ4v) is 7.10. The standard InChI is InChI=1S/C30H44N2O4/c1-29(2)14-10-21(11-15-29)36-22-8-9-24(35-4)23(17-22)27(33)32-26-20-7-6-19(16-20)25(26)28(34)31-18-30(3)12-5-13-30/h8-9,17,19-21,25-26H,5-7,10-16,18H2,1-4H3,(H,31,34)(H,32,33)/t19-,20+,25+,26-/m1/s1. The minimum Gasteiger partial charge on any atom is -0.496 e. The topological polar surface area (TPSA) is 76.7 Å². The number of hydrogen-bond donors (Lipinski definition) is 2. The quantitative estimate of drug-likeness (QED) is 0.499. The van der Waals surface area contributed by atoms with Crippen molar-refractivity contribution in [2.45, 2.75) is 97.1 Å². The molecule has 2 amide bonds. The lowest BCUT2D eigenvalue weighted by atomic mass is 9.70. The van der Waals surface area contributed by atoms with Crippen LogP contribution in [0.2, 0.25) is 0 Å². The minimum atomic E-state index is -0.177. The fraction of sp³-hybridized carbons (Fsp3) is 0.733. The van der Waals surface area contributed by atoms with Crippen LogP contribution < -0.4 is 20.1 Å². The number of methoxy groups -OCH3 is 1. The monoisotopic (exact) mass is 496 g/mol. The highest BCUT2D eigenvalue weighted by Crippen LogP contribution is 2.49. The van der Waals surface area contributed by atoms with Crippen LogP contribution in [0.3, 0.4) is 0 Å². The van der Waals surface area contributed by atoms with Gasteiger partial charge in [-0.2, -0.15) is 0 Å². The first-order chi connectivity index (χ1) is 17.2. The normalized spacial score (nSPS) is 30.3. The summed E-state index contributed by atoms with van der Waals surface area (Å²) in [5.74, 6) is 1.76. The van der Waals surface area contributed by atoms with Crippen molar-refractivity contribution in [2.24, 2.45) is 28.6 Å². The molecule has 2 bridgehead atoms. The molecule has 0 spiro atoms. The number of amides is 2. The molecule has 4 aliphatic carbocycles. The van der Waals surface area contributed by atoms with Crippen molar-refractivity contribution < 1.29 is 19.1 Å². The van der Waals surface area contributed by atoms with Gasteiger partial charge in [0.25, 0.3) is 5.91 Å². The van der Waals surface area contributed by atoms with Crippen molar-refractivity contribution in [2.75, 3.05) is 13.7 Å². The molecule has 6 nitrogen and oxygen atoms in total. The van der Waals surface area contributed by atoms with Crippen LogP contribution in [-0.2, 0) is 4.79 Å². The molecule has 4 aliphatic rings. The van der Waals surface area contributed by atoms with Crippen molar-refractivity contribution in [3.8, 4) is 11.5 Å². The zero-order valence-corrected chi connectivity index (χ0v) is 22.5. The SMILES string of the molecule is COc1ccc(OC2CCC(C)(C)CC2)cc1C(=O)N[C@@H]1[C@H]2CC[C@H](C2)[C@@H]1C(=O)NCC1(C)CCC1. The Morgan fingerprint density at radius 1 is 1.00 bits per heavy atom. The van der Waals surface area contributed by atoms with Crippen LogP contribution in [0.4, 0.5) is 0 Å². The first-order valence-electron chi connectivity index (χ1n) is 14.1. The third-order valence-corrected chi connectivity index (χ3v) is 9.77. The van der Waals surface area contributed by atoms with Crippen molar-refractivity contribution in [1.29, 1.82) is 0 Å².